The van der Waals surface area contributed by atoms with Crippen LogP contribution in [0.5, 0.6) is 0 Å². The molecule has 0 aromatic rings. The summed E-state index contributed by atoms with van der Waals surface area (Å²) in [6.45, 7) is 6.00. The number of morpholine rings is 1. The van der Waals surface area contributed by atoms with Gasteiger partial charge in [-0.05, 0) is 13.0 Å². The minimum atomic E-state index is 0.132. The molecule has 0 saturated carbocycles. The van der Waals surface area contributed by atoms with Gasteiger partial charge in [-0.3, -0.25) is 4.90 Å². The van der Waals surface area contributed by atoms with E-state index < -0.39 is 0 Å². The second-order valence-electron chi connectivity index (χ2n) is 5.86. The van der Waals surface area contributed by atoms with Gasteiger partial charge in [-0.2, -0.15) is 0 Å². The van der Waals surface area contributed by atoms with Crippen LogP contribution in [0, 0.1) is 0 Å². The number of rotatable bonds is 11. The summed E-state index contributed by atoms with van der Waals surface area (Å²) in [5.41, 5.74) is 6.00. The van der Waals surface area contributed by atoms with Crippen LogP contribution in [0.4, 0.5) is 0 Å². The van der Waals surface area contributed by atoms with Crippen molar-refractivity contribution in [2.75, 3.05) is 26.3 Å². The van der Waals surface area contributed by atoms with Crippen LogP contribution >= 0.6 is 0 Å². The van der Waals surface area contributed by atoms with Gasteiger partial charge in [-0.1, -0.05) is 64.7 Å². The minimum absolute atomic E-state index is 0.132. The lowest BCUT2D eigenvalue weighted by Crippen LogP contribution is -2.50. The monoisotopic (exact) mass is 270 g/mol. The van der Waals surface area contributed by atoms with E-state index in [-0.39, 0.29) is 6.17 Å². The molecule has 0 aromatic heterocycles. The molecule has 1 rings (SSSR count). The van der Waals surface area contributed by atoms with Gasteiger partial charge in [-0.25, -0.2) is 0 Å². The highest BCUT2D eigenvalue weighted by Gasteiger charge is 2.17. The number of ether oxygens (including phenoxy) is 1. The fraction of sp³-hybridized carbons (Fsp3) is 1.00. The third-order valence-corrected chi connectivity index (χ3v) is 4.08. The van der Waals surface area contributed by atoms with Gasteiger partial charge in [-0.15, -0.1) is 0 Å². The molecule has 19 heavy (non-hydrogen) atoms. The van der Waals surface area contributed by atoms with Crippen LogP contribution < -0.4 is 5.73 Å². The SMILES string of the molecule is CCCCCCCCCCCCN1CCOCC1N. The molecule has 1 unspecified atom stereocenters. The Kier molecular flexibility index (Phi) is 10.4. The average Bonchev–Trinajstić information content (AvgIpc) is 2.43. The van der Waals surface area contributed by atoms with Gasteiger partial charge >= 0.3 is 0 Å². The highest BCUT2D eigenvalue weighted by Crippen LogP contribution is 2.11. The van der Waals surface area contributed by atoms with Gasteiger partial charge in [0, 0.05) is 6.54 Å². The Hall–Kier alpha value is -0.120. The fourth-order valence-electron chi connectivity index (χ4n) is 2.74. The topological polar surface area (TPSA) is 38.5 Å². The number of unbranched alkanes of at least 4 members (excludes halogenated alkanes) is 9. The summed E-state index contributed by atoms with van der Waals surface area (Å²) in [7, 11) is 0. The molecule has 0 aromatic carbocycles. The van der Waals surface area contributed by atoms with E-state index in [0.717, 1.165) is 19.7 Å². The zero-order valence-electron chi connectivity index (χ0n) is 12.9. The van der Waals surface area contributed by atoms with Crippen molar-refractivity contribution >= 4 is 0 Å². The molecular weight excluding hydrogens is 236 g/mol. The van der Waals surface area contributed by atoms with E-state index >= 15 is 0 Å². The van der Waals surface area contributed by atoms with Crippen LogP contribution in [0.1, 0.15) is 71.1 Å². The Labute approximate surface area is 119 Å². The zero-order valence-corrected chi connectivity index (χ0v) is 12.9. The first-order valence-electron chi connectivity index (χ1n) is 8.42. The molecule has 2 N–H and O–H groups in total. The van der Waals surface area contributed by atoms with E-state index in [9.17, 15) is 0 Å². The lowest BCUT2D eigenvalue weighted by molar-refractivity contribution is -0.00554. The Morgan fingerprint density at radius 2 is 1.53 bits per heavy atom. The Morgan fingerprint density at radius 3 is 2.11 bits per heavy atom. The van der Waals surface area contributed by atoms with Crippen LogP contribution in [0.25, 0.3) is 0 Å². The van der Waals surface area contributed by atoms with E-state index in [4.69, 9.17) is 10.5 Å². The lowest BCUT2D eigenvalue weighted by atomic mass is 10.1. The van der Waals surface area contributed by atoms with Crippen molar-refractivity contribution in [2.45, 2.75) is 77.3 Å². The highest BCUT2D eigenvalue weighted by molar-refractivity contribution is 4.69. The van der Waals surface area contributed by atoms with E-state index in [1.165, 1.54) is 64.2 Å². The predicted octanol–water partition coefficient (Wildman–Crippen LogP) is 3.52. The van der Waals surface area contributed by atoms with Crippen LogP contribution in [0.2, 0.25) is 0 Å². The molecule has 0 radical (unpaired) electrons. The number of nitrogens with two attached hydrogens (primary N) is 1. The van der Waals surface area contributed by atoms with Crippen LogP contribution in [0.15, 0.2) is 0 Å². The third-order valence-electron chi connectivity index (χ3n) is 4.08. The normalized spacial score (nSPS) is 20.8. The van der Waals surface area contributed by atoms with Gasteiger partial charge < -0.3 is 10.5 Å². The molecule has 3 heteroatoms. The first-order valence-corrected chi connectivity index (χ1v) is 8.42. The fourth-order valence-corrected chi connectivity index (χ4v) is 2.74. The molecular formula is C16H34N2O. The maximum Gasteiger partial charge on any atom is 0.0814 e. The molecule has 0 bridgehead atoms. The summed E-state index contributed by atoms with van der Waals surface area (Å²) in [6.07, 6.45) is 14.1. The molecule has 0 amide bonds. The maximum absolute atomic E-state index is 6.00. The van der Waals surface area contributed by atoms with E-state index in [1.54, 1.807) is 0 Å². The van der Waals surface area contributed by atoms with Crippen molar-refractivity contribution in [3.63, 3.8) is 0 Å². The Balaban J connectivity index is 1.80. The molecule has 1 heterocycles. The summed E-state index contributed by atoms with van der Waals surface area (Å²) in [5, 5.41) is 0. The Morgan fingerprint density at radius 1 is 0.947 bits per heavy atom. The maximum atomic E-state index is 6.00. The van der Waals surface area contributed by atoms with Gasteiger partial charge in [0.05, 0.1) is 19.4 Å². The Bertz CT molecular complexity index is 199. The lowest BCUT2D eigenvalue weighted by Gasteiger charge is -2.32. The van der Waals surface area contributed by atoms with Crippen molar-refractivity contribution < 1.29 is 4.74 Å². The molecule has 1 saturated heterocycles. The molecule has 1 aliphatic rings. The molecule has 1 atom stereocenters. The van der Waals surface area contributed by atoms with Crippen molar-refractivity contribution in [3.8, 4) is 0 Å². The first-order chi connectivity index (χ1) is 9.34. The average molecular weight is 270 g/mol. The zero-order chi connectivity index (χ0) is 13.8. The molecule has 1 aliphatic heterocycles. The smallest absolute Gasteiger partial charge is 0.0814 e. The third kappa shape index (κ3) is 8.61. The highest BCUT2D eigenvalue weighted by atomic mass is 16.5. The van der Waals surface area contributed by atoms with Crippen molar-refractivity contribution in [1.82, 2.24) is 4.90 Å². The molecule has 0 spiro atoms. The van der Waals surface area contributed by atoms with Crippen molar-refractivity contribution in [2.24, 2.45) is 5.73 Å². The largest absolute Gasteiger partial charge is 0.377 e. The van der Waals surface area contributed by atoms with Gasteiger partial charge in [0.2, 0.25) is 0 Å². The number of hydrogen-bond donors (Lipinski definition) is 1. The first kappa shape index (κ1) is 16.9. The second kappa shape index (κ2) is 11.7. The van der Waals surface area contributed by atoms with E-state index in [1.807, 2.05) is 0 Å². The molecule has 0 aliphatic carbocycles. The van der Waals surface area contributed by atoms with Gasteiger partial charge in [0.1, 0.15) is 0 Å². The van der Waals surface area contributed by atoms with Crippen LogP contribution in [-0.4, -0.2) is 37.4 Å². The number of nitrogens with zero attached hydrogens (tertiary/aromatic N) is 1. The predicted molar refractivity (Wildman–Crippen MR) is 82.2 cm³/mol. The van der Waals surface area contributed by atoms with Crippen LogP contribution in [-0.2, 0) is 4.74 Å². The van der Waals surface area contributed by atoms with E-state index in [2.05, 4.69) is 11.8 Å². The molecule has 3 nitrogen and oxygen atoms in total. The minimum Gasteiger partial charge on any atom is -0.377 e. The quantitative estimate of drug-likeness (QED) is 0.584. The summed E-state index contributed by atoms with van der Waals surface area (Å²) >= 11 is 0. The summed E-state index contributed by atoms with van der Waals surface area (Å²) in [5.74, 6) is 0. The van der Waals surface area contributed by atoms with Gasteiger partial charge in [0.15, 0.2) is 0 Å². The summed E-state index contributed by atoms with van der Waals surface area (Å²) in [6, 6.07) is 0. The standard InChI is InChI=1S/C16H34N2O/c1-2-3-4-5-6-7-8-9-10-11-12-18-13-14-19-15-16(18)17/h16H,2-15,17H2,1H3. The van der Waals surface area contributed by atoms with Crippen LogP contribution in [0.3, 0.4) is 0 Å². The molecule has 1 fully saturated rings. The van der Waals surface area contributed by atoms with Crippen molar-refractivity contribution in [3.05, 3.63) is 0 Å². The van der Waals surface area contributed by atoms with Gasteiger partial charge in [0.25, 0.3) is 0 Å². The van der Waals surface area contributed by atoms with E-state index in [0.29, 0.717) is 6.61 Å². The summed E-state index contributed by atoms with van der Waals surface area (Å²) in [4.78, 5) is 2.37. The second-order valence-corrected chi connectivity index (χ2v) is 5.86. The summed E-state index contributed by atoms with van der Waals surface area (Å²) < 4.78 is 5.34. The van der Waals surface area contributed by atoms with Crippen molar-refractivity contribution in [1.29, 1.82) is 0 Å². The molecule has 114 valence electrons. The number of hydrogen-bond acceptors (Lipinski definition) is 3.